The van der Waals surface area contributed by atoms with Crippen LogP contribution in [0.4, 0.5) is 10.1 Å². The van der Waals surface area contributed by atoms with Crippen LogP contribution < -0.4 is 4.90 Å². The minimum absolute atomic E-state index is 0.0431. The fourth-order valence-corrected chi connectivity index (χ4v) is 3.24. The van der Waals surface area contributed by atoms with Gasteiger partial charge in [0.15, 0.2) is 0 Å². The molecule has 0 aromatic heterocycles. The van der Waals surface area contributed by atoms with Gasteiger partial charge in [0.1, 0.15) is 5.82 Å². The Hall–Kier alpha value is -2.20. The van der Waals surface area contributed by atoms with Crippen LogP contribution in [0.3, 0.4) is 0 Å². The molecule has 0 saturated carbocycles. The van der Waals surface area contributed by atoms with Crippen LogP contribution in [0.2, 0.25) is 0 Å². The highest BCUT2D eigenvalue weighted by molar-refractivity contribution is 5.97. The standard InChI is InChI=1S/C20H23FN2O/c1-14-5-4-6-17(11-14)13-22-9-10-23(20(24)16(22)3)19-12-15(2)7-8-18(19)21/h4-8,11-12,16H,9-10,13H2,1-3H3/t16-/m1/s1. The molecule has 1 fully saturated rings. The Kier molecular flexibility index (Phi) is 4.67. The van der Waals surface area contributed by atoms with Crippen LogP contribution in [0, 0.1) is 19.7 Å². The van der Waals surface area contributed by atoms with Crippen molar-refractivity contribution < 1.29 is 9.18 Å². The number of halogens is 1. The van der Waals surface area contributed by atoms with E-state index in [1.807, 2.05) is 19.9 Å². The van der Waals surface area contributed by atoms with E-state index in [0.29, 0.717) is 12.2 Å². The third kappa shape index (κ3) is 3.34. The Labute approximate surface area is 142 Å². The van der Waals surface area contributed by atoms with E-state index in [1.54, 1.807) is 17.0 Å². The molecule has 1 saturated heterocycles. The number of benzene rings is 2. The molecule has 0 bridgehead atoms. The summed E-state index contributed by atoms with van der Waals surface area (Å²) < 4.78 is 14.1. The van der Waals surface area contributed by atoms with E-state index in [2.05, 4.69) is 30.0 Å². The average molecular weight is 326 g/mol. The number of amides is 1. The molecule has 0 spiro atoms. The van der Waals surface area contributed by atoms with E-state index in [-0.39, 0.29) is 17.8 Å². The van der Waals surface area contributed by atoms with Crippen molar-refractivity contribution >= 4 is 11.6 Å². The Morgan fingerprint density at radius 3 is 2.58 bits per heavy atom. The number of anilines is 1. The van der Waals surface area contributed by atoms with Crippen LogP contribution in [0.1, 0.15) is 23.6 Å². The van der Waals surface area contributed by atoms with Gasteiger partial charge >= 0.3 is 0 Å². The van der Waals surface area contributed by atoms with Gasteiger partial charge in [0.05, 0.1) is 11.7 Å². The van der Waals surface area contributed by atoms with Gasteiger partial charge in [-0.1, -0.05) is 35.9 Å². The Morgan fingerprint density at radius 2 is 1.83 bits per heavy atom. The quantitative estimate of drug-likeness (QED) is 0.859. The predicted octanol–water partition coefficient (Wildman–Crippen LogP) is 3.68. The number of hydrogen-bond donors (Lipinski definition) is 0. The summed E-state index contributed by atoms with van der Waals surface area (Å²) in [5.41, 5.74) is 3.76. The first-order chi connectivity index (χ1) is 11.5. The van der Waals surface area contributed by atoms with E-state index in [4.69, 9.17) is 0 Å². The van der Waals surface area contributed by atoms with Gasteiger partial charge in [-0.2, -0.15) is 0 Å². The molecular formula is C20H23FN2O. The molecule has 24 heavy (non-hydrogen) atoms. The highest BCUT2D eigenvalue weighted by Crippen LogP contribution is 2.25. The predicted molar refractivity (Wildman–Crippen MR) is 94.5 cm³/mol. The number of nitrogens with zero attached hydrogens (tertiary/aromatic N) is 2. The van der Waals surface area contributed by atoms with E-state index >= 15 is 0 Å². The maximum atomic E-state index is 14.1. The summed E-state index contributed by atoms with van der Waals surface area (Å²) in [7, 11) is 0. The van der Waals surface area contributed by atoms with Crippen molar-refractivity contribution in [2.45, 2.75) is 33.4 Å². The van der Waals surface area contributed by atoms with E-state index in [1.165, 1.54) is 17.2 Å². The smallest absolute Gasteiger partial charge is 0.244 e. The summed E-state index contributed by atoms with van der Waals surface area (Å²) in [5.74, 6) is -0.383. The molecular weight excluding hydrogens is 303 g/mol. The first kappa shape index (κ1) is 16.7. The maximum Gasteiger partial charge on any atom is 0.244 e. The first-order valence-electron chi connectivity index (χ1n) is 8.33. The van der Waals surface area contributed by atoms with E-state index in [9.17, 15) is 9.18 Å². The fourth-order valence-electron chi connectivity index (χ4n) is 3.24. The van der Waals surface area contributed by atoms with Gasteiger partial charge in [0.2, 0.25) is 5.91 Å². The number of carbonyl (C=O) groups is 1. The van der Waals surface area contributed by atoms with Crippen LogP contribution in [-0.4, -0.2) is 29.9 Å². The van der Waals surface area contributed by atoms with Crippen molar-refractivity contribution in [1.29, 1.82) is 0 Å². The number of carbonyl (C=O) groups excluding carboxylic acids is 1. The summed E-state index contributed by atoms with van der Waals surface area (Å²) in [4.78, 5) is 16.5. The van der Waals surface area contributed by atoms with Crippen molar-refractivity contribution in [2.75, 3.05) is 18.0 Å². The van der Waals surface area contributed by atoms with Crippen molar-refractivity contribution in [2.24, 2.45) is 0 Å². The van der Waals surface area contributed by atoms with Gasteiger partial charge in [-0.3, -0.25) is 9.69 Å². The number of aryl methyl sites for hydroxylation is 2. The molecule has 3 rings (SSSR count). The summed E-state index contributed by atoms with van der Waals surface area (Å²) in [6.45, 7) is 7.85. The molecule has 4 heteroatoms. The molecule has 1 atom stereocenters. The molecule has 0 N–H and O–H groups in total. The SMILES string of the molecule is Cc1cccc(CN2CCN(c3cc(C)ccc3F)C(=O)[C@H]2C)c1. The lowest BCUT2D eigenvalue weighted by Crippen LogP contribution is -2.55. The van der Waals surface area contributed by atoms with E-state index < -0.39 is 0 Å². The summed E-state index contributed by atoms with van der Waals surface area (Å²) >= 11 is 0. The molecule has 1 amide bonds. The zero-order valence-electron chi connectivity index (χ0n) is 14.4. The molecule has 126 valence electrons. The van der Waals surface area contributed by atoms with Gasteiger partial charge in [0, 0.05) is 19.6 Å². The minimum Gasteiger partial charge on any atom is -0.307 e. The average Bonchev–Trinajstić information content (AvgIpc) is 2.55. The van der Waals surface area contributed by atoms with Gasteiger partial charge in [-0.15, -0.1) is 0 Å². The Morgan fingerprint density at radius 1 is 1.08 bits per heavy atom. The van der Waals surface area contributed by atoms with Gasteiger partial charge < -0.3 is 4.90 Å². The highest BCUT2D eigenvalue weighted by atomic mass is 19.1. The third-order valence-corrected chi connectivity index (χ3v) is 4.64. The van der Waals surface area contributed by atoms with Crippen LogP contribution in [-0.2, 0) is 11.3 Å². The summed E-state index contributed by atoms with van der Waals surface area (Å²) in [6.07, 6.45) is 0. The highest BCUT2D eigenvalue weighted by Gasteiger charge is 2.33. The number of rotatable bonds is 3. The monoisotopic (exact) mass is 326 g/mol. The Bertz CT molecular complexity index is 759. The van der Waals surface area contributed by atoms with Crippen LogP contribution >= 0.6 is 0 Å². The zero-order chi connectivity index (χ0) is 17.3. The van der Waals surface area contributed by atoms with Gasteiger partial charge in [-0.25, -0.2) is 4.39 Å². The largest absolute Gasteiger partial charge is 0.307 e. The van der Waals surface area contributed by atoms with Crippen molar-refractivity contribution in [3.63, 3.8) is 0 Å². The number of hydrogen-bond acceptors (Lipinski definition) is 2. The molecule has 2 aromatic carbocycles. The zero-order valence-corrected chi connectivity index (χ0v) is 14.4. The Balaban J connectivity index is 1.77. The maximum absolute atomic E-state index is 14.1. The topological polar surface area (TPSA) is 23.6 Å². The first-order valence-corrected chi connectivity index (χ1v) is 8.33. The third-order valence-electron chi connectivity index (χ3n) is 4.64. The fraction of sp³-hybridized carbons (Fsp3) is 0.350. The van der Waals surface area contributed by atoms with Gasteiger partial charge in [0.25, 0.3) is 0 Å². The molecule has 1 aliphatic rings. The summed E-state index contributed by atoms with van der Waals surface area (Å²) in [6, 6.07) is 13.0. The lowest BCUT2D eigenvalue weighted by Gasteiger charge is -2.39. The van der Waals surface area contributed by atoms with E-state index in [0.717, 1.165) is 18.7 Å². The second-order valence-corrected chi connectivity index (χ2v) is 6.58. The lowest BCUT2D eigenvalue weighted by atomic mass is 10.1. The van der Waals surface area contributed by atoms with Crippen molar-refractivity contribution in [1.82, 2.24) is 4.90 Å². The lowest BCUT2D eigenvalue weighted by molar-refractivity contribution is -0.125. The van der Waals surface area contributed by atoms with Crippen LogP contribution in [0.25, 0.3) is 0 Å². The van der Waals surface area contributed by atoms with Crippen LogP contribution in [0.5, 0.6) is 0 Å². The minimum atomic E-state index is -0.340. The second kappa shape index (κ2) is 6.73. The van der Waals surface area contributed by atoms with Gasteiger partial charge in [-0.05, 0) is 44.0 Å². The molecule has 2 aromatic rings. The molecule has 0 radical (unpaired) electrons. The molecule has 0 aliphatic carbocycles. The molecule has 3 nitrogen and oxygen atoms in total. The van der Waals surface area contributed by atoms with Crippen LogP contribution in [0.15, 0.2) is 42.5 Å². The van der Waals surface area contributed by atoms with Crippen molar-refractivity contribution in [3.05, 3.63) is 65.0 Å². The summed E-state index contributed by atoms with van der Waals surface area (Å²) in [5, 5.41) is 0. The number of piperazine rings is 1. The molecule has 1 heterocycles. The van der Waals surface area contributed by atoms with Crippen molar-refractivity contribution in [3.8, 4) is 0 Å². The molecule has 0 unspecified atom stereocenters. The second-order valence-electron chi connectivity index (χ2n) is 6.58. The molecule has 1 aliphatic heterocycles. The normalized spacial score (nSPS) is 18.9.